The molecule has 0 aliphatic heterocycles. The third-order valence-corrected chi connectivity index (χ3v) is 3.88. The number of carbonyl (C=O) groups is 1. The second-order valence-corrected chi connectivity index (χ2v) is 6.46. The van der Waals surface area contributed by atoms with Crippen molar-refractivity contribution < 1.29 is 4.79 Å². The summed E-state index contributed by atoms with van der Waals surface area (Å²) in [6.45, 7) is 1.98. The maximum absolute atomic E-state index is 12.2. The summed E-state index contributed by atoms with van der Waals surface area (Å²) in [6.07, 6.45) is 0. The van der Waals surface area contributed by atoms with Gasteiger partial charge in [-0.15, -0.1) is 0 Å². The Kier molecular flexibility index (Phi) is 5.55. The maximum Gasteiger partial charge on any atom is 0.258 e. The molecule has 0 radical (unpaired) electrons. The van der Waals surface area contributed by atoms with Crippen LogP contribution in [0.5, 0.6) is 0 Å². The highest BCUT2D eigenvalue weighted by molar-refractivity contribution is 14.1. The van der Waals surface area contributed by atoms with Gasteiger partial charge in [0.25, 0.3) is 5.91 Å². The predicted molar refractivity (Wildman–Crippen MR) is 99.0 cm³/mol. The van der Waals surface area contributed by atoms with Gasteiger partial charge in [0.15, 0.2) is 5.11 Å². The molecule has 0 saturated carbocycles. The predicted octanol–water partition coefficient (Wildman–Crippen LogP) is 4.38. The molecule has 2 aromatic carbocycles. The Morgan fingerprint density at radius 1 is 1.24 bits per heavy atom. The van der Waals surface area contributed by atoms with Crippen molar-refractivity contribution in [3.8, 4) is 0 Å². The van der Waals surface area contributed by atoms with Gasteiger partial charge in [0.05, 0.1) is 10.6 Å². The third-order valence-electron chi connectivity index (χ3n) is 2.68. The van der Waals surface area contributed by atoms with E-state index in [2.05, 4.69) is 33.2 Å². The molecule has 0 aliphatic carbocycles. The lowest BCUT2D eigenvalue weighted by Gasteiger charge is -2.11. The number of amides is 1. The zero-order valence-corrected chi connectivity index (χ0v) is 14.8. The molecule has 2 rings (SSSR count). The molecule has 21 heavy (non-hydrogen) atoms. The SMILES string of the molecule is Cc1cccc(NC(=S)NC(=O)c2cc(I)ccc2Cl)c1. The van der Waals surface area contributed by atoms with Crippen molar-refractivity contribution in [2.75, 3.05) is 5.32 Å². The molecule has 2 aromatic rings. The Morgan fingerprint density at radius 2 is 2.00 bits per heavy atom. The van der Waals surface area contributed by atoms with Gasteiger partial charge in [-0.25, -0.2) is 0 Å². The van der Waals surface area contributed by atoms with Crippen LogP contribution >= 0.6 is 46.4 Å². The number of halogens is 2. The van der Waals surface area contributed by atoms with Gasteiger partial charge in [0.1, 0.15) is 0 Å². The summed E-state index contributed by atoms with van der Waals surface area (Å²) < 4.78 is 0.930. The first-order chi connectivity index (χ1) is 9.95. The van der Waals surface area contributed by atoms with Crippen molar-refractivity contribution >= 4 is 63.1 Å². The van der Waals surface area contributed by atoms with Crippen LogP contribution in [0, 0.1) is 10.5 Å². The largest absolute Gasteiger partial charge is 0.332 e. The van der Waals surface area contributed by atoms with Crippen LogP contribution in [0.3, 0.4) is 0 Å². The van der Waals surface area contributed by atoms with E-state index in [0.717, 1.165) is 14.8 Å². The normalized spacial score (nSPS) is 10.0. The third kappa shape index (κ3) is 4.66. The highest BCUT2D eigenvalue weighted by atomic mass is 127. The highest BCUT2D eigenvalue weighted by Gasteiger charge is 2.12. The van der Waals surface area contributed by atoms with Crippen molar-refractivity contribution in [2.24, 2.45) is 0 Å². The van der Waals surface area contributed by atoms with E-state index in [-0.39, 0.29) is 11.0 Å². The van der Waals surface area contributed by atoms with Crippen molar-refractivity contribution in [3.05, 3.63) is 62.2 Å². The lowest BCUT2D eigenvalue weighted by Crippen LogP contribution is -2.34. The molecule has 0 saturated heterocycles. The number of benzene rings is 2. The Labute approximate surface area is 147 Å². The molecular formula is C15H12ClIN2OS. The van der Waals surface area contributed by atoms with E-state index in [4.69, 9.17) is 23.8 Å². The maximum atomic E-state index is 12.2. The zero-order valence-electron chi connectivity index (χ0n) is 11.1. The van der Waals surface area contributed by atoms with Crippen LogP contribution < -0.4 is 10.6 Å². The molecule has 1 amide bonds. The number of anilines is 1. The standard InChI is InChI=1S/C15H12ClIN2OS/c1-9-3-2-4-11(7-9)18-15(21)19-14(20)12-8-10(17)5-6-13(12)16/h2-8H,1H3,(H2,18,19,20,21). The summed E-state index contributed by atoms with van der Waals surface area (Å²) in [4.78, 5) is 12.2. The van der Waals surface area contributed by atoms with E-state index in [1.807, 2.05) is 37.3 Å². The van der Waals surface area contributed by atoms with Crippen LogP contribution in [-0.2, 0) is 0 Å². The number of carbonyl (C=O) groups excluding carboxylic acids is 1. The van der Waals surface area contributed by atoms with E-state index in [1.165, 1.54) is 0 Å². The van der Waals surface area contributed by atoms with Crippen molar-refractivity contribution in [1.82, 2.24) is 5.32 Å². The van der Waals surface area contributed by atoms with E-state index in [1.54, 1.807) is 12.1 Å². The zero-order chi connectivity index (χ0) is 15.4. The highest BCUT2D eigenvalue weighted by Crippen LogP contribution is 2.18. The fourth-order valence-electron chi connectivity index (χ4n) is 1.73. The second kappa shape index (κ2) is 7.20. The molecule has 0 unspecified atom stereocenters. The Bertz CT molecular complexity index is 706. The molecular weight excluding hydrogens is 419 g/mol. The van der Waals surface area contributed by atoms with E-state index >= 15 is 0 Å². The molecule has 0 fully saturated rings. The monoisotopic (exact) mass is 430 g/mol. The van der Waals surface area contributed by atoms with E-state index < -0.39 is 0 Å². The van der Waals surface area contributed by atoms with Crippen LogP contribution in [0.1, 0.15) is 15.9 Å². The van der Waals surface area contributed by atoms with Gasteiger partial charge in [0, 0.05) is 9.26 Å². The molecule has 0 aromatic heterocycles. The van der Waals surface area contributed by atoms with E-state index in [9.17, 15) is 4.79 Å². The molecule has 6 heteroatoms. The molecule has 0 aliphatic rings. The molecule has 108 valence electrons. The number of nitrogens with one attached hydrogen (secondary N) is 2. The molecule has 0 bridgehead atoms. The lowest BCUT2D eigenvalue weighted by molar-refractivity contribution is 0.0978. The number of thiocarbonyl (C=S) groups is 1. The van der Waals surface area contributed by atoms with Crippen LogP contribution in [0.25, 0.3) is 0 Å². The molecule has 0 atom stereocenters. The first kappa shape index (κ1) is 16.2. The Morgan fingerprint density at radius 3 is 2.71 bits per heavy atom. The number of hydrogen-bond donors (Lipinski definition) is 2. The smallest absolute Gasteiger partial charge is 0.258 e. The lowest BCUT2D eigenvalue weighted by atomic mass is 10.2. The minimum atomic E-state index is -0.330. The van der Waals surface area contributed by atoms with Gasteiger partial charge in [-0.3, -0.25) is 10.1 Å². The van der Waals surface area contributed by atoms with Crippen LogP contribution in [-0.4, -0.2) is 11.0 Å². The fraction of sp³-hybridized carbons (Fsp3) is 0.0667. The topological polar surface area (TPSA) is 41.1 Å². The average molecular weight is 431 g/mol. The van der Waals surface area contributed by atoms with E-state index in [0.29, 0.717) is 10.6 Å². The molecule has 0 heterocycles. The van der Waals surface area contributed by atoms with Crippen molar-refractivity contribution in [2.45, 2.75) is 6.92 Å². The first-order valence-corrected chi connectivity index (χ1v) is 7.96. The van der Waals surface area contributed by atoms with Crippen LogP contribution in [0.15, 0.2) is 42.5 Å². The summed E-state index contributed by atoms with van der Waals surface area (Å²) in [5.41, 5.74) is 2.33. The van der Waals surface area contributed by atoms with Gasteiger partial charge >= 0.3 is 0 Å². The van der Waals surface area contributed by atoms with Crippen molar-refractivity contribution in [1.29, 1.82) is 0 Å². The number of aryl methyl sites for hydroxylation is 1. The number of hydrogen-bond acceptors (Lipinski definition) is 2. The first-order valence-electron chi connectivity index (χ1n) is 6.10. The summed E-state index contributed by atoms with van der Waals surface area (Å²) >= 11 is 13.3. The van der Waals surface area contributed by atoms with Gasteiger partial charge in [-0.2, -0.15) is 0 Å². The van der Waals surface area contributed by atoms with Crippen LogP contribution in [0.4, 0.5) is 5.69 Å². The summed E-state index contributed by atoms with van der Waals surface area (Å²) in [7, 11) is 0. The summed E-state index contributed by atoms with van der Waals surface area (Å²) in [5.74, 6) is -0.330. The molecule has 2 N–H and O–H groups in total. The van der Waals surface area contributed by atoms with Gasteiger partial charge in [-0.1, -0.05) is 23.7 Å². The fourth-order valence-corrected chi connectivity index (χ4v) is 2.63. The quantitative estimate of drug-likeness (QED) is 0.549. The minimum Gasteiger partial charge on any atom is -0.332 e. The Hall–Kier alpha value is -1.18. The molecule has 3 nitrogen and oxygen atoms in total. The summed E-state index contributed by atoms with van der Waals surface area (Å²) in [6, 6.07) is 13.0. The van der Waals surface area contributed by atoms with Gasteiger partial charge in [-0.05, 0) is 77.6 Å². The second-order valence-electron chi connectivity index (χ2n) is 4.40. The Balaban J connectivity index is 2.05. The number of rotatable bonds is 2. The van der Waals surface area contributed by atoms with Crippen molar-refractivity contribution in [3.63, 3.8) is 0 Å². The average Bonchev–Trinajstić information content (AvgIpc) is 2.41. The van der Waals surface area contributed by atoms with Gasteiger partial charge < -0.3 is 5.32 Å². The molecule has 0 spiro atoms. The van der Waals surface area contributed by atoms with Gasteiger partial charge in [0.2, 0.25) is 0 Å². The minimum absolute atomic E-state index is 0.237. The van der Waals surface area contributed by atoms with Crippen LogP contribution in [0.2, 0.25) is 5.02 Å². The summed E-state index contributed by atoms with van der Waals surface area (Å²) in [5, 5.41) is 6.23.